The number of hydrogen-bond donors (Lipinski definition) is 1. The molecule has 3 aliphatic rings. The quantitative estimate of drug-likeness (QED) is 0.549. The number of nitriles is 1. The number of ether oxygens (including phenoxy) is 1. The molecular weight excluding hydrogens is 464 g/mol. The maximum absolute atomic E-state index is 9.80. The van der Waals surface area contributed by atoms with Crippen LogP contribution in [0.5, 0.6) is 0 Å². The molecule has 9 nitrogen and oxygen atoms in total. The lowest BCUT2D eigenvalue weighted by molar-refractivity contribution is -0.0660. The summed E-state index contributed by atoms with van der Waals surface area (Å²) in [6.07, 6.45) is 3.82. The highest BCUT2D eigenvalue weighted by atomic mass is 16.5. The summed E-state index contributed by atoms with van der Waals surface area (Å²) < 4.78 is 5.34. The first-order valence-corrected chi connectivity index (χ1v) is 13.1. The molecule has 9 heteroatoms. The maximum atomic E-state index is 9.80. The van der Waals surface area contributed by atoms with Crippen LogP contribution in [0.4, 0.5) is 23.0 Å². The Bertz CT molecular complexity index is 1280. The van der Waals surface area contributed by atoms with Crippen LogP contribution in [-0.4, -0.2) is 77.9 Å². The van der Waals surface area contributed by atoms with E-state index in [1.54, 1.807) is 0 Å². The summed E-state index contributed by atoms with van der Waals surface area (Å²) in [5, 5.41) is 13.1. The van der Waals surface area contributed by atoms with Crippen LogP contribution in [0.25, 0.3) is 11.4 Å². The van der Waals surface area contributed by atoms with Crippen molar-refractivity contribution in [1.82, 2.24) is 19.9 Å². The molecule has 3 aliphatic heterocycles. The van der Waals surface area contributed by atoms with Crippen LogP contribution in [0, 0.1) is 11.3 Å². The van der Waals surface area contributed by atoms with Crippen molar-refractivity contribution in [3.05, 3.63) is 54.4 Å². The van der Waals surface area contributed by atoms with E-state index in [1.807, 2.05) is 18.2 Å². The fourth-order valence-corrected chi connectivity index (χ4v) is 5.47. The van der Waals surface area contributed by atoms with Gasteiger partial charge < -0.3 is 19.9 Å². The molecule has 1 atom stereocenters. The number of nitrogens with one attached hydrogen (secondary N) is 1. The molecule has 4 heterocycles. The van der Waals surface area contributed by atoms with Gasteiger partial charge in [0.25, 0.3) is 0 Å². The molecule has 0 bridgehead atoms. The topological polar surface area (TPSA) is 93.4 Å². The molecule has 190 valence electrons. The smallest absolute Gasteiger partial charge is 0.230 e. The van der Waals surface area contributed by atoms with E-state index in [4.69, 9.17) is 4.74 Å². The van der Waals surface area contributed by atoms with Gasteiger partial charge in [-0.1, -0.05) is 0 Å². The highest BCUT2D eigenvalue weighted by molar-refractivity contribution is 5.69. The lowest BCUT2D eigenvalue weighted by Crippen LogP contribution is -2.56. The molecule has 3 aromatic rings. The van der Waals surface area contributed by atoms with E-state index in [-0.39, 0.29) is 0 Å². The summed E-state index contributed by atoms with van der Waals surface area (Å²) in [4.78, 5) is 20.6. The van der Waals surface area contributed by atoms with Gasteiger partial charge >= 0.3 is 0 Å². The number of anilines is 4. The van der Waals surface area contributed by atoms with Crippen molar-refractivity contribution in [1.29, 1.82) is 5.26 Å². The highest BCUT2D eigenvalue weighted by Crippen LogP contribution is 2.31. The van der Waals surface area contributed by atoms with E-state index in [2.05, 4.69) is 72.2 Å². The summed E-state index contributed by atoms with van der Waals surface area (Å²) in [6, 6.07) is 17.7. The van der Waals surface area contributed by atoms with E-state index >= 15 is 0 Å². The Morgan fingerprint density at radius 1 is 1.00 bits per heavy atom. The zero-order valence-electron chi connectivity index (χ0n) is 21.2. The molecule has 0 spiro atoms. The van der Waals surface area contributed by atoms with Gasteiger partial charge in [0.2, 0.25) is 5.95 Å². The van der Waals surface area contributed by atoms with E-state index in [1.165, 1.54) is 12.0 Å². The predicted octanol–water partition coefficient (Wildman–Crippen LogP) is 3.66. The Kier molecular flexibility index (Phi) is 6.60. The molecular formula is C28H32N8O. The minimum atomic E-state index is 0.448. The number of piperazine rings is 1. The van der Waals surface area contributed by atoms with Gasteiger partial charge in [-0.15, -0.1) is 0 Å². The fourth-order valence-electron chi connectivity index (χ4n) is 5.47. The number of aromatic nitrogens is 3. The highest BCUT2D eigenvalue weighted by Gasteiger charge is 2.29. The van der Waals surface area contributed by atoms with Gasteiger partial charge in [0.1, 0.15) is 12.4 Å². The van der Waals surface area contributed by atoms with E-state index in [0.29, 0.717) is 29.4 Å². The van der Waals surface area contributed by atoms with Crippen molar-refractivity contribution in [3.8, 4) is 17.5 Å². The average molecular weight is 497 g/mol. The van der Waals surface area contributed by atoms with Gasteiger partial charge in [-0.25, -0.2) is 9.97 Å². The largest absolute Gasteiger partial charge is 0.378 e. The summed E-state index contributed by atoms with van der Waals surface area (Å²) >= 11 is 0. The first kappa shape index (κ1) is 23.6. The van der Waals surface area contributed by atoms with Gasteiger partial charge in [-0.05, 0) is 62.2 Å². The van der Waals surface area contributed by atoms with Crippen LogP contribution in [0.3, 0.4) is 0 Å². The van der Waals surface area contributed by atoms with Crippen molar-refractivity contribution in [2.75, 3.05) is 61.1 Å². The molecule has 37 heavy (non-hydrogen) atoms. The number of nitrogens with zero attached hydrogens (tertiary/aromatic N) is 7. The standard InChI is InChI=1S/C28H32N8O/c1-20-3-2-10-36(20)26-9-4-21(15-22(26)16-29)27-30-19-31-28(33-27)32-23-5-7-24(8-6-23)34-11-13-35(14-12-34)25-17-37-18-25/h4-9,15,19-20,25H,2-3,10-14,17-18H2,1H3,(H,30,31,32,33)/t20-/m1/s1. The van der Waals surface area contributed by atoms with Crippen LogP contribution in [0.1, 0.15) is 25.3 Å². The molecule has 2 aromatic carbocycles. The van der Waals surface area contributed by atoms with Gasteiger partial charge in [0.15, 0.2) is 5.82 Å². The summed E-state index contributed by atoms with van der Waals surface area (Å²) in [7, 11) is 0. The molecule has 0 aliphatic carbocycles. The molecule has 3 fully saturated rings. The lowest BCUT2D eigenvalue weighted by atomic mass is 10.1. The Hall–Kier alpha value is -3.74. The third kappa shape index (κ3) is 4.95. The van der Waals surface area contributed by atoms with Crippen LogP contribution in [-0.2, 0) is 4.74 Å². The minimum Gasteiger partial charge on any atom is -0.378 e. The van der Waals surface area contributed by atoms with Gasteiger partial charge in [0.05, 0.1) is 30.5 Å². The molecule has 6 rings (SSSR count). The zero-order valence-corrected chi connectivity index (χ0v) is 21.2. The van der Waals surface area contributed by atoms with Crippen molar-refractivity contribution >= 4 is 23.0 Å². The van der Waals surface area contributed by atoms with E-state index in [0.717, 1.165) is 75.7 Å². The van der Waals surface area contributed by atoms with Crippen molar-refractivity contribution in [2.24, 2.45) is 0 Å². The summed E-state index contributed by atoms with van der Waals surface area (Å²) in [5.41, 5.74) is 4.59. The molecule has 0 amide bonds. The molecule has 1 aromatic heterocycles. The summed E-state index contributed by atoms with van der Waals surface area (Å²) in [5.74, 6) is 1.02. The van der Waals surface area contributed by atoms with Crippen LogP contribution in [0.15, 0.2) is 48.8 Å². The van der Waals surface area contributed by atoms with Crippen LogP contribution >= 0.6 is 0 Å². The summed E-state index contributed by atoms with van der Waals surface area (Å²) in [6.45, 7) is 9.16. The molecule has 0 saturated carbocycles. The van der Waals surface area contributed by atoms with Crippen molar-refractivity contribution in [3.63, 3.8) is 0 Å². The SMILES string of the molecule is C[C@@H]1CCCN1c1ccc(-c2ncnc(Nc3ccc(N4CCN(C5COC5)CC4)cc3)n2)cc1C#N. The first-order chi connectivity index (χ1) is 18.2. The molecule has 0 unspecified atom stereocenters. The fraction of sp³-hybridized carbons (Fsp3) is 0.429. The molecule has 3 saturated heterocycles. The maximum Gasteiger partial charge on any atom is 0.230 e. The van der Waals surface area contributed by atoms with Gasteiger partial charge in [0, 0.05) is 55.7 Å². The second-order valence-corrected chi connectivity index (χ2v) is 10.0. The van der Waals surface area contributed by atoms with Crippen molar-refractivity contribution < 1.29 is 4.74 Å². The monoisotopic (exact) mass is 496 g/mol. The molecule has 1 N–H and O–H groups in total. The van der Waals surface area contributed by atoms with Crippen molar-refractivity contribution in [2.45, 2.75) is 31.8 Å². The first-order valence-electron chi connectivity index (χ1n) is 13.1. The Balaban J connectivity index is 1.12. The number of rotatable bonds is 6. The molecule has 0 radical (unpaired) electrons. The third-order valence-electron chi connectivity index (χ3n) is 7.75. The Labute approximate surface area is 217 Å². The second kappa shape index (κ2) is 10.3. The number of hydrogen-bond acceptors (Lipinski definition) is 9. The third-order valence-corrected chi connectivity index (χ3v) is 7.75. The van der Waals surface area contributed by atoms with Crippen LogP contribution in [0.2, 0.25) is 0 Å². The predicted molar refractivity (Wildman–Crippen MR) is 144 cm³/mol. The zero-order chi connectivity index (χ0) is 25.2. The van der Waals surface area contributed by atoms with Crippen LogP contribution < -0.4 is 15.1 Å². The minimum absolute atomic E-state index is 0.448. The normalized spacial score (nSPS) is 20.5. The van der Waals surface area contributed by atoms with E-state index in [9.17, 15) is 5.26 Å². The second-order valence-electron chi connectivity index (χ2n) is 10.0. The van der Waals surface area contributed by atoms with Gasteiger partial charge in [-0.2, -0.15) is 10.2 Å². The Morgan fingerprint density at radius 3 is 2.49 bits per heavy atom. The lowest BCUT2D eigenvalue weighted by Gasteiger charge is -2.43. The average Bonchev–Trinajstić information content (AvgIpc) is 3.34. The number of benzene rings is 2. The Morgan fingerprint density at radius 2 is 1.81 bits per heavy atom. The van der Waals surface area contributed by atoms with Gasteiger partial charge in [-0.3, -0.25) is 4.90 Å². The van der Waals surface area contributed by atoms with E-state index < -0.39 is 0 Å².